The molecule has 1 aromatic heterocycles. The molecular weight excluding hydrogens is 1250 g/mol. The molecule has 5 aliphatic rings. The average Bonchev–Trinajstić information content (AvgIpc) is 1.49. The van der Waals surface area contributed by atoms with Gasteiger partial charge in [-0.25, -0.2) is 0 Å². The molecule has 103 heavy (non-hydrogen) atoms. The Balaban J connectivity index is 0.932. The molecule has 5 aliphatic carbocycles. The number of hydrogen-bond donors (Lipinski definition) is 0. The lowest BCUT2D eigenvalue weighted by Gasteiger charge is -2.61. The number of rotatable bonds is 12. The number of benzene rings is 14. The van der Waals surface area contributed by atoms with Crippen LogP contribution in [0.2, 0.25) is 0 Å². The van der Waals surface area contributed by atoms with Crippen LogP contribution in [0.4, 0.5) is 34.1 Å². The molecule has 3 nitrogen and oxygen atoms in total. The molecule has 3 heteroatoms. The largest absolute Gasteiger partial charge is 0.455 e. The molecule has 4 bridgehead atoms. The first-order valence-electron chi connectivity index (χ1n) is 45.7. The minimum atomic E-state index is -0.830. The first-order valence-corrected chi connectivity index (χ1v) is 35.7. The SMILES string of the molecule is [2H]c1c([2H])c([2H])c(-c2cc(-c3c([2H])c([2H])c([2H])c([2H])c3[2H])cc(N(c3ccc(-c4ccc(C(C)(C)C)cc4)cc3)c3cc4c(c5ccccc35)-c3c(cc(N(c5ccc(-c6ccc(C(C)(C)C)cc6)cc5)c5cc(-c6c([2H])c([2H])c([2H])c([2H])c6[2H])cc(-c6c([2H])c([2H])c([2H])c([2H])c6[2H])c5)c5c3oc3ccccc35)C43C4CC5CC(C4)CC3C5)c2)c([2H])c1[2H]. The van der Waals surface area contributed by atoms with Crippen LogP contribution < -0.4 is 9.80 Å². The first kappa shape index (κ1) is 44.9. The number of fused-ring (bicyclic) bond motifs is 9. The summed E-state index contributed by atoms with van der Waals surface area (Å²) in [4.78, 5) is 4.16. The highest BCUT2D eigenvalue weighted by atomic mass is 16.3. The summed E-state index contributed by atoms with van der Waals surface area (Å²) >= 11 is 0. The van der Waals surface area contributed by atoms with E-state index in [2.05, 4.69) is 124 Å². The van der Waals surface area contributed by atoms with Crippen LogP contribution in [0.5, 0.6) is 0 Å². The molecule has 4 saturated carbocycles. The van der Waals surface area contributed by atoms with Gasteiger partial charge >= 0.3 is 0 Å². The molecule has 0 saturated heterocycles. The van der Waals surface area contributed by atoms with Gasteiger partial charge in [0.1, 0.15) is 11.2 Å². The molecule has 0 amide bonds. The smallest absolute Gasteiger partial charge is 0.145 e. The summed E-state index contributed by atoms with van der Waals surface area (Å²) in [7, 11) is 0. The summed E-state index contributed by atoms with van der Waals surface area (Å²) in [6, 6.07) is 52.8. The van der Waals surface area contributed by atoms with E-state index < -0.39 is 126 Å². The van der Waals surface area contributed by atoms with E-state index in [4.69, 9.17) is 20.9 Å². The molecular formula is C100H84N2O. The van der Waals surface area contributed by atoms with Crippen LogP contribution in [0, 0.1) is 23.7 Å². The van der Waals surface area contributed by atoms with E-state index in [1.807, 2.05) is 84.9 Å². The molecule has 0 N–H and O–H groups in total. The highest BCUT2D eigenvalue weighted by Crippen LogP contribution is 2.72. The fraction of sp³-hybridized carbons (Fsp3) is 0.180. The lowest BCUT2D eigenvalue weighted by Crippen LogP contribution is -2.55. The summed E-state index contributed by atoms with van der Waals surface area (Å²) in [5.74, 6) is 0.844. The van der Waals surface area contributed by atoms with Crippen molar-refractivity contribution in [3.63, 3.8) is 0 Å². The van der Waals surface area contributed by atoms with Crippen molar-refractivity contribution in [3.8, 4) is 77.9 Å². The van der Waals surface area contributed by atoms with Crippen molar-refractivity contribution in [2.24, 2.45) is 23.7 Å². The number of hydrogen-bond acceptors (Lipinski definition) is 3. The number of nitrogens with zero attached hydrogens (tertiary/aromatic N) is 2. The van der Waals surface area contributed by atoms with E-state index >= 15 is 0 Å². The molecule has 4 fully saturated rings. The van der Waals surface area contributed by atoms with Crippen LogP contribution >= 0.6 is 0 Å². The van der Waals surface area contributed by atoms with Crippen molar-refractivity contribution in [2.75, 3.05) is 9.80 Å². The zero-order valence-corrected chi connectivity index (χ0v) is 58.1. The van der Waals surface area contributed by atoms with Crippen molar-refractivity contribution < 1.29 is 31.8 Å². The molecule has 14 aromatic carbocycles. The van der Waals surface area contributed by atoms with Crippen LogP contribution in [0.1, 0.15) is 123 Å². The molecule has 1 heterocycles. The van der Waals surface area contributed by atoms with Gasteiger partial charge in [0.15, 0.2) is 0 Å². The van der Waals surface area contributed by atoms with E-state index in [9.17, 15) is 11.0 Å². The van der Waals surface area contributed by atoms with E-state index in [-0.39, 0.29) is 67.2 Å². The van der Waals surface area contributed by atoms with Crippen molar-refractivity contribution in [3.05, 3.63) is 337 Å². The third kappa shape index (κ3) is 10.7. The number of anilines is 6. The van der Waals surface area contributed by atoms with Crippen LogP contribution in [-0.2, 0) is 16.2 Å². The van der Waals surface area contributed by atoms with E-state index in [0.29, 0.717) is 62.5 Å². The van der Waals surface area contributed by atoms with Gasteiger partial charge in [-0.05, 0) is 245 Å². The Labute approximate surface area is 634 Å². The molecule has 0 atom stereocenters. The topological polar surface area (TPSA) is 19.6 Å². The van der Waals surface area contributed by atoms with Crippen molar-refractivity contribution in [2.45, 2.75) is 89.9 Å². The van der Waals surface area contributed by atoms with E-state index in [1.165, 1.54) is 12.1 Å². The Morgan fingerprint density at radius 1 is 0.330 bits per heavy atom. The Hall–Kier alpha value is -11.3. The summed E-state index contributed by atoms with van der Waals surface area (Å²) in [6.45, 7) is 13.0. The molecule has 0 aliphatic heterocycles. The molecule has 500 valence electrons. The normalized spacial score (nSPS) is 20.8. The summed E-state index contributed by atoms with van der Waals surface area (Å²) in [6.07, 6.45) is 4.63. The van der Waals surface area contributed by atoms with Gasteiger partial charge in [-0.1, -0.05) is 278 Å². The molecule has 1 spiro atoms. The third-order valence-corrected chi connectivity index (χ3v) is 22.6. The standard InChI is InChI=1S/C100H84N2O/c1-98(2,3)78-43-35-70(36-44-78)72-39-47-82(48-40-72)101(84-58-74(66-23-11-7-12-24-66)56-75(59-84)67-25-13-8-14-26-67)91-62-89-94(87-32-20-19-31-86(87)91)96-90(100(89)80-52-64-51-65(54-80)55-81(100)53-64)63-92(95-88-33-21-22-34-93(88)103-97(95)96)102(83-49-41-73(42-50-83)71-37-45-79(46-38-71)99(4,5)6)85-60-76(68-27-15-9-16-28-68)57-77(61-85)69-29-17-10-18-30-69/h7-50,56-65,80-81H,51-55H2,1-6H3/i7D,8D,9D,10D,11D,12D,13D,14D,15D,16D,17D,18D,23D,24D,25D,26D,27D,28D,29D,30D. The number of para-hydroxylation sites is 1. The van der Waals surface area contributed by atoms with Crippen LogP contribution in [0.25, 0.3) is 111 Å². The second-order valence-electron chi connectivity index (χ2n) is 30.6. The number of furan rings is 1. The first-order chi connectivity index (χ1) is 58.5. The highest BCUT2D eigenvalue weighted by Gasteiger charge is 2.63. The Kier molecular flexibility index (Phi) is 10.7. The van der Waals surface area contributed by atoms with Gasteiger partial charge in [-0.3, -0.25) is 0 Å². The summed E-state index contributed by atoms with van der Waals surface area (Å²) < 4.78 is 192. The van der Waals surface area contributed by atoms with E-state index in [0.717, 1.165) is 104 Å². The minimum Gasteiger partial charge on any atom is -0.455 e. The van der Waals surface area contributed by atoms with Gasteiger partial charge in [0.2, 0.25) is 0 Å². The lowest BCUT2D eigenvalue weighted by molar-refractivity contribution is -0.0398. The van der Waals surface area contributed by atoms with Crippen LogP contribution in [-0.4, -0.2) is 0 Å². The predicted octanol–water partition coefficient (Wildman–Crippen LogP) is 28.0. The zero-order valence-electron chi connectivity index (χ0n) is 78.1. The molecule has 0 radical (unpaired) electrons. The van der Waals surface area contributed by atoms with E-state index in [1.54, 1.807) is 24.3 Å². The summed E-state index contributed by atoms with van der Waals surface area (Å²) in [5, 5.41) is 3.02. The molecule has 0 unspecified atom stereocenters. The van der Waals surface area contributed by atoms with Gasteiger partial charge in [0, 0.05) is 44.5 Å². The quantitative estimate of drug-likeness (QED) is 0.122. The van der Waals surface area contributed by atoms with Gasteiger partial charge in [0.05, 0.1) is 44.2 Å². The van der Waals surface area contributed by atoms with Gasteiger partial charge in [0.25, 0.3) is 0 Å². The van der Waals surface area contributed by atoms with Crippen LogP contribution in [0.15, 0.2) is 319 Å². The highest BCUT2D eigenvalue weighted by molar-refractivity contribution is 6.22. The second-order valence-corrected chi connectivity index (χ2v) is 30.6. The molecule has 15 aromatic rings. The Morgan fingerprint density at radius 3 is 1.11 bits per heavy atom. The fourth-order valence-electron chi connectivity index (χ4n) is 18.1. The average molecular weight is 1350 g/mol. The fourth-order valence-corrected chi connectivity index (χ4v) is 18.1. The van der Waals surface area contributed by atoms with Crippen LogP contribution in [0.3, 0.4) is 0 Å². The predicted molar refractivity (Wildman–Crippen MR) is 434 cm³/mol. The van der Waals surface area contributed by atoms with Gasteiger partial charge in [-0.15, -0.1) is 0 Å². The van der Waals surface area contributed by atoms with Gasteiger partial charge in [-0.2, -0.15) is 0 Å². The maximum absolute atomic E-state index is 9.60. The van der Waals surface area contributed by atoms with Crippen molar-refractivity contribution >= 4 is 66.8 Å². The Morgan fingerprint density at radius 2 is 0.689 bits per heavy atom. The zero-order chi connectivity index (χ0) is 86.7. The maximum Gasteiger partial charge on any atom is 0.145 e. The molecule has 20 rings (SSSR count). The summed E-state index contributed by atoms with van der Waals surface area (Å²) in [5.41, 5.74) is 12.9. The van der Waals surface area contributed by atoms with Gasteiger partial charge < -0.3 is 14.2 Å². The maximum atomic E-state index is 9.60. The lowest BCUT2D eigenvalue weighted by atomic mass is 9.43. The second kappa shape index (κ2) is 24.5. The third-order valence-electron chi connectivity index (χ3n) is 22.6. The van der Waals surface area contributed by atoms with Crippen molar-refractivity contribution in [1.29, 1.82) is 0 Å². The monoisotopic (exact) mass is 1350 g/mol. The van der Waals surface area contributed by atoms with Crippen molar-refractivity contribution in [1.82, 2.24) is 0 Å². The Bertz CT molecular complexity index is 6710. The minimum absolute atomic E-state index is 0.0125.